The van der Waals surface area contributed by atoms with Crippen LogP contribution in [0.5, 0.6) is 0 Å². The van der Waals surface area contributed by atoms with E-state index in [1.165, 1.54) is 12.0 Å². The van der Waals surface area contributed by atoms with Gasteiger partial charge in [0.2, 0.25) is 0 Å². The Kier molecular flexibility index (Phi) is 3.39. The third-order valence-electron chi connectivity index (χ3n) is 3.16. The Morgan fingerprint density at radius 3 is 2.67 bits per heavy atom. The fourth-order valence-electron chi connectivity index (χ4n) is 1.97. The molecule has 0 aromatic heterocycles. The van der Waals surface area contributed by atoms with E-state index in [9.17, 15) is 0 Å². The summed E-state index contributed by atoms with van der Waals surface area (Å²) in [5.74, 6) is 1.67. The lowest BCUT2D eigenvalue weighted by Gasteiger charge is -2.13. The topological polar surface area (TPSA) is 21.3 Å². The number of rotatable bonds is 5. The number of hydrogen-bond donors (Lipinski definition) is 1. The first-order valence-corrected chi connectivity index (χ1v) is 5.68. The van der Waals surface area contributed by atoms with Gasteiger partial charge in [-0.2, -0.15) is 5.48 Å². The van der Waals surface area contributed by atoms with Crippen LogP contribution in [0.4, 0.5) is 0 Å². The monoisotopic (exact) mass is 205 g/mol. The largest absolute Gasteiger partial charge is 0.297 e. The van der Waals surface area contributed by atoms with Crippen molar-refractivity contribution in [3.8, 4) is 0 Å². The van der Waals surface area contributed by atoms with Crippen LogP contribution in [0.2, 0.25) is 0 Å². The third kappa shape index (κ3) is 3.05. The van der Waals surface area contributed by atoms with E-state index in [0.29, 0.717) is 12.6 Å². The molecule has 82 valence electrons. The normalized spacial score (nSPS) is 26.3. The number of nitrogens with one attached hydrogen (secondary N) is 1. The van der Waals surface area contributed by atoms with Crippen molar-refractivity contribution in [1.29, 1.82) is 0 Å². The molecule has 0 bridgehead atoms. The quantitative estimate of drug-likeness (QED) is 0.746. The van der Waals surface area contributed by atoms with Gasteiger partial charge in [-0.3, -0.25) is 4.84 Å². The summed E-state index contributed by atoms with van der Waals surface area (Å²) in [6, 6.07) is 10.7. The van der Waals surface area contributed by atoms with Crippen molar-refractivity contribution in [1.82, 2.24) is 5.48 Å². The molecule has 15 heavy (non-hydrogen) atoms. The highest BCUT2D eigenvalue weighted by Crippen LogP contribution is 2.40. The molecule has 0 saturated heterocycles. The predicted octanol–water partition coefficient (Wildman–Crippen LogP) is 2.75. The summed E-state index contributed by atoms with van der Waals surface area (Å²) < 4.78 is 0. The lowest BCUT2D eigenvalue weighted by atomic mass is 10.2. The van der Waals surface area contributed by atoms with Crippen LogP contribution in [0.1, 0.15) is 25.8 Å². The van der Waals surface area contributed by atoms with Crippen LogP contribution in [0.15, 0.2) is 30.3 Å². The molecule has 0 spiro atoms. The lowest BCUT2D eigenvalue weighted by Crippen LogP contribution is -2.28. The molecule has 3 atom stereocenters. The minimum absolute atomic E-state index is 0.476. The molecule has 1 N–H and O–H groups in total. The summed E-state index contributed by atoms with van der Waals surface area (Å²) in [5, 5.41) is 0. The maximum atomic E-state index is 5.48. The molecule has 0 aliphatic heterocycles. The van der Waals surface area contributed by atoms with E-state index in [2.05, 4.69) is 31.5 Å². The van der Waals surface area contributed by atoms with Gasteiger partial charge < -0.3 is 0 Å². The van der Waals surface area contributed by atoms with Gasteiger partial charge in [-0.1, -0.05) is 37.3 Å². The van der Waals surface area contributed by atoms with Gasteiger partial charge in [0.1, 0.15) is 0 Å². The van der Waals surface area contributed by atoms with Gasteiger partial charge >= 0.3 is 0 Å². The summed E-state index contributed by atoms with van der Waals surface area (Å²) in [6.07, 6.45) is 1.34. The molecule has 2 heteroatoms. The van der Waals surface area contributed by atoms with Gasteiger partial charge in [-0.05, 0) is 30.7 Å². The molecule has 0 heterocycles. The number of benzene rings is 1. The first kappa shape index (κ1) is 10.7. The number of hydrogen-bond acceptors (Lipinski definition) is 2. The molecule has 0 radical (unpaired) electrons. The smallest absolute Gasteiger partial charge is 0.0933 e. The van der Waals surface area contributed by atoms with Gasteiger partial charge in [0.15, 0.2) is 0 Å². The van der Waals surface area contributed by atoms with Crippen molar-refractivity contribution in [2.45, 2.75) is 32.9 Å². The molecular formula is C13H19NO. The van der Waals surface area contributed by atoms with Crippen LogP contribution in [-0.4, -0.2) is 6.04 Å². The first-order valence-electron chi connectivity index (χ1n) is 5.68. The van der Waals surface area contributed by atoms with Crippen molar-refractivity contribution in [3.63, 3.8) is 0 Å². The Hall–Kier alpha value is -0.860. The van der Waals surface area contributed by atoms with Crippen LogP contribution in [0.3, 0.4) is 0 Å². The lowest BCUT2D eigenvalue weighted by molar-refractivity contribution is 0.00186. The maximum absolute atomic E-state index is 5.48. The SMILES string of the molecule is CC1CC1C(C)NOCc1ccccc1. The molecule has 1 aliphatic carbocycles. The Labute approximate surface area is 91.6 Å². The van der Waals surface area contributed by atoms with Crippen LogP contribution >= 0.6 is 0 Å². The van der Waals surface area contributed by atoms with E-state index in [0.717, 1.165) is 11.8 Å². The minimum Gasteiger partial charge on any atom is -0.297 e. The fraction of sp³-hybridized carbons (Fsp3) is 0.538. The Bertz CT molecular complexity index is 299. The first-order chi connectivity index (χ1) is 7.27. The molecule has 3 unspecified atom stereocenters. The zero-order chi connectivity index (χ0) is 10.7. The van der Waals surface area contributed by atoms with Crippen LogP contribution in [-0.2, 0) is 11.4 Å². The van der Waals surface area contributed by atoms with E-state index in [-0.39, 0.29) is 0 Å². The van der Waals surface area contributed by atoms with E-state index in [1.807, 2.05) is 18.2 Å². The van der Waals surface area contributed by atoms with E-state index in [4.69, 9.17) is 4.84 Å². The molecule has 1 fully saturated rings. The fourth-order valence-corrected chi connectivity index (χ4v) is 1.97. The Morgan fingerprint density at radius 1 is 1.40 bits per heavy atom. The maximum Gasteiger partial charge on any atom is 0.0933 e. The molecule has 2 nitrogen and oxygen atoms in total. The highest BCUT2D eigenvalue weighted by Gasteiger charge is 2.37. The summed E-state index contributed by atoms with van der Waals surface area (Å²) >= 11 is 0. The van der Waals surface area contributed by atoms with Gasteiger partial charge in [0, 0.05) is 6.04 Å². The van der Waals surface area contributed by atoms with Crippen LogP contribution in [0, 0.1) is 11.8 Å². The zero-order valence-electron chi connectivity index (χ0n) is 9.44. The molecule has 1 aromatic rings. The van der Waals surface area contributed by atoms with Crippen molar-refractivity contribution < 1.29 is 4.84 Å². The standard InChI is InChI=1S/C13H19NO/c1-10-8-13(10)11(2)14-15-9-12-6-4-3-5-7-12/h3-7,10-11,13-14H,8-9H2,1-2H3. The van der Waals surface area contributed by atoms with Gasteiger partial charge in [0.25, 0.3) is 0 Å². The average Bonchev–Trinajstić information content (AvgIpc) is 2.97. The highest BCUT2D eigenvalue weighted by molar-refractivity contribution is 5.13. The van der Waals surface area contributed by atoms with Gasteiger partial charge in [0.05, 0.1) is 6.61 Å². The second kappa shape index (κ2) is 4.77. The van der Waals surface area contributed by atoms with Gasteiger partial charge in [-0.15, -0.1) is 0 Å². The Balaban J connectivity index is 1.67. The minimum atomic E-state index is 0.476. The van der Waals surface area contributed by atoms with Crippen molar-refractivity contribution in [3.05, 3.63) is 35.9 Å². The molecule has 1 aromatic carbocycles. The number of hydroxylamine groups is 1. The van der Waals surface area contributed by atoms with Crippen LogP contribution in [0.25, 0.3) is 0 Å². The average molecular weight is 205 g/mol. The predicted molar refractivity (Wildman–Crippen MR) is 61.1 cm³/mol. The summed E-state index contributed by atoms with van der Waals surface area (Å²) in [4.78, 5) is 5.48. The second-order valence-corrected chi connectivity index (χ2v) is 4.56. The molecule has 2 rings (SSSR count). The third-order valence-corrected chi connectivity index (χ3v) is 3.16. The van der Waals surface area contributed by atoms with E-state index < -0.39 is 0 Å². The summed E-state index contributed by atoms with van der Waals surface area (Å²) in [7, 11) is 0. The van der Waals surface area contributed by atoms with E-state index in [1.54, 1.807) is 0 Å². The van der Waals surface area contributed by atoms with Crippen molar-refractivity contribution in [2.75, 3.05) is 0 Å². The molecular weight excluding hydrogens is 186 g/mol. The molecule has 1 aliphatic rings. The molecule has 1 saturated carbocycles. The second-order valence-electron chi connectivity index (χ2n) is 4.56. The summed E-state index contributed by atoms with van der Waals surface area (Å²) in [6.45, 7) is 5.13. The van der Waals surface area contributed by atoms with Gasteiger partial charge in [-0.25, -0.2) is 0 Å². The highest BCUT2D eigenvalue weighted by atomic mass is 16.6. The molecule has 0 amide bonds. The Morgan fingerprint density at radius 2 is 2.07 bits per heavy atom. The van der Waals surface area contributed by atoms with Crippen LogP contribution < -0.4 is 5.48 Å². The van der Waals surface area contributed by atoms with Crippen molar-refractivity contribution >= 4 is 0 Å². The zero-order valence-corrected chi connectivity index (χ0v) is 9.44. The van der Waals surface area contributed by atoms with Crippen molar-refractivity contribution in [2.24, 2.45) is 11.8 Å². The summed E-state index contributed by atoms with van der Waals surface area (Å²) in [5.41, 5.74) is 4.33. The van der Waals surface area contributed by atoms with E-state index >= 15 is 0 Å².